The first-order valence-electron chi connectivity index (χ1n) is 11.8. The second kappa shape index (κ2) is 9.54. The van der Waals surface area contributed by atoms with Crippen LogP contribution in [0.2, 0.25) is 0 Å². The highest BCUT2D eigenvalue weighted by molar-refractivity contribution is 5.70. The van der Waals surface area contributed by atoms with Crippen molar-refractivity contribution in [2.75, 3.05) is 0 Å². The van der Waals surface area contributed by atoms with Gasteiger partial charge in [0.25, 0.3) is 0 Å². The fourth-order valence-corrected chi connectivity index (χ4v) is 4.37. The Morgan fingerprint density at radius 2 is 1.86 bits per heavy atom. The van der Waals surface area contributed by atoms with Crippen LogP contribution in [0.4, 0.5) is 0 Å². The maximum Gasteiger partial charge on any atom is 0.334 e. The van der Waals surface area contributed by atoms with Crippen LogP contribution in [0.3, 0.4) is 0 Å². The van der Waals surface area contributed by atoms with Crippen molar-refractivity contribution in [3.05, 3.63) is 89.0 Å². The molecule has 0 unspecified atom stereocenters. The van der Waals surface area contributed by atoms with E-state index in [4.69, 9.17) is 0 Å². The molecule has 0 fully saturated rings. The van der Waals surface area contributed by atoms with Crippen LogP contribution in [-0.2, 0) is 13.0 Å². The summed E-state index contributed by atoms with van der Waals surface area (Å²) in [6.45, 7) is 6.75. The van der Waals surface area contributed by atoms with Crippen molar-refractivity contribution in [1.29, 1.82) is 0 Å². The van der Waals surface area contributed by atoms with Gasteiger partial charge in [-0.25, -0.2) is 4.79 Å². The van der Waals surface area contributed by atoms with E-state index in [1.165, 1.54) is 0 Å². The molecule has 178 valence electrons. The van der Waals surface area contributed by atoms with Gasteiger partial charge in [-0.3, -0.25) is 14.1 Å². The number of hydrogen-bond acceptors (Lipinski definition) is 5. The predicted octanol–water partition coefficient (Wildman–Crippen LogP) is 4.26. The summed E-state index contributed by atoms with van der Waals surface area (Å²) < 4.78 is 5.70. The van der Waals surface area contributed by atoms with E-state index in [1.54, 1.807) is 10.8 Å². The summed E-state index contributed by atoms with van der Waals surface area (Å²) in [5.41, 5.74) is 4.67. The van der Waals surface area contributed by atoms with E-state index < -0.39 is 0 Å². The number of pyridine rings is 1. The van der Waals surface area contributed by atoms with Crippen molar-refractivity contribution in [3.8, 4) is 28.3 Å². The van der Waals surface area contributed by atoms with E-state index in [0.717, 1.165) is 46.7 Å². The van der Waals surface area contributed by atoms with E-state index >= 15 is 0 Å². The van der Waals surface area contributed by atoms with Crippen LogP contribution in [0.25, 0.3) is 28.3 Å². The number of hydrogen-bond donors (Lipinski definition) is 1. The van der Waals surface area contributed by atoms with Crippen molar-refractivity contribution in [1.82, 2.24) is 39.3 Å². The minimum atomic E-state index is -0.0552. The highest BCUT2D eigenvalue weighted by atomic mass is 16.1. The Bertz CT molecular complexity index is 1490. The first-order chi connectivity index (χ1) is 17.0. The largest absolute Gasteiger partial charge is 0.334 e. The summed E-state index contributed by atoms with van der Waals surface area (Å²) in [5.74, 6) is 1.42. The van der Waals surface area contributed by atoms with Gasteiger partial charge in [-0.05, 0) is 66.9 Å². The van der Waals surface area contributed by atoms with Gasteiger partial charge in [-0.1, -0.05) is 31.5 Å². The number of imidazole rings is 1. The molecular formula is C26H28N8O. The molecule has 9 nitrogen and oxygen atoms in total. The van der Waals surface area contributed by atoms with Gasteiger partial charge in [0.05, 0.1) is 12.2 Å². The van der Waals surface area contributed by atoms with Crippen LogP contribution >= 0.6 is 0 Å². The fraction of sp³-hybridized carbons (Fsp3) is 0.269. The minimum absolute atomic E-state index is 0.0552. The molecule has 0 saturated carbocycles. The summed E-state index contributed by atoms with van der Waals surface area (Å²) in [6, 6.07) is 16.2. The number of aromatic nitrogens is 8. The monoisotopic (exact) mass is 468 g/mol. The Balaban J connectivity index is 1.50. The molecule has 0 bridgehead atoms. The standard InChI is InChI=1S/C26H28N8O/c1-4-7-23-17-34(24-10-6-13-32(24)18(2)3)26(35)33(23)16-22-15-20(11-12-27-22)19-8-5-9-21(14-19)25-28-30-31-29-25/h5-6,8-15,17-18H,4,7,16H2,1-3H3,(H,28,29,30,31). The number of benzene rings is 1. The lowest BCUT2D eigenvalue weighted by Gasteiger charge is -2.12. The third-order valence-electron chi connectivity index (χ3n) is 6.06. The van der Waals surface area contributed by atoms with E-state index in [0.29, 0.717) is 12.4 Å². The van der Waals surface area contributed by atoms with Crippen LogP contribution < -0.4 is 5.69 Å². The third kappa shape index (κ3) is 4.44. The minimum Gasteiger partial charge on any atom is -0.332 e. The van der Waals surface area contributed by atoms with Crippen LogP contribution in [0.5, 0.6) is 0 Å². The molecule has 1 N–H and O–H groups in total. The summed E-state index contributed by atoms with van der Waals surface area (Å²) in [6.07, 6.45) is 7.54. The molecule has 4 heterocycles. The zero-order chi connectivity index (χ0) is 24.4. The molecular weight excluding hydrogens is 440 g/mol. The summed E-state index contributed by atoms with van der Waals surface area (Å²) >= 11 is 0. The number of aromatic amines is 1. The van der Waals surface area contributed by atoms with Gasteiger partial charge >= 0.3 is 5.69 Å². The zero-order valence-corrected chi connectivity index (χ0v) is 20.1. The molecule has 0 spiro atoms. The van der Waals surface area contributed by atoms with Crippen LogP contribution in [0, 0.1) is 0 Å². The molecule has 0 radical (unpaired) electrons. The second-order valence-corrected chi connectivity index (χ2v) is 8.83. The Labute approximate surface area is 203 Å². The number of tetrazole rings is 1. The Morgan fingerprint density at radius 3 is 2.63 bits per heavy atom. The first kappa shape index (κ1) is 22.5. The maximum atomic E-state index is 13.5. The number of nitrogens with zero attached hydrogens (tertiary/aromatic N) is 7. The van der Waals surface area contributed by atoms with E-state index in [-0.39, 0.29) is 11.7 Å². The van der Waals surface area contributed by atoms with Crippen LogP contribution in [0.1, 0.15) is 44.6 Å². The molecule has 9 heteroatoms. The number of rotatable bonds is 8. The van der Waals surface area contributed by atoms with Gasteiger partial charge in [0.1, 0.15) is 5.82 Å². The van der Waals surface area contributed by atoms with Crippen molar-refractivity contribution < 1.29 is 0 Å². The van der Waals surface area contributed by atoms with Gasteiger partial charge in [-0.15, -0.1) is 10.2 Å². The highest BCUT2D eigenvalue weighted by Crippen LogP contribution is 2.25. The summed E-state index contributed by atoms with van der Waals surface area (Å²) in [4.78, 5) is 18.1. The molecule has 0 amide bonds. The van der Waals surface area contributed by atoms with Crippen molar-refractivity contribution >= 4 is 0 Å². The molecule has 1 aromatic carbocycles. The molecule has 5 rings (SSSR count). The van der Waals surface area contributed by atoms with Gasteiger partial charge in [-0.2, -0.15) is 5.21 Å². The quantitative estimate of drug-likeness (QED) is 0.367. The van der Waals surface area contributed by atoms with Gasteiger partial charge < -0.3 is 4.57 Å². The zero-order valence-electron chi connectivity index (χ0n) is 20.1. The van der Waals surface area contributed by atoms with Gasteiger partial charge in [0, 0.05) is 35.9 Å². The van der Waals surface area contributed by atoms with Crippen molar-refractivity contribution in [2.45, 2.75) is 46.2 Å². The SMILES string of the molecule is CCCc1cn(-c2cccn2C(C)C)c(=O)n1Cc1cc(-c2cccc(-c3nn[nH]n3)c2)ccn1. The highest BCUT2D eigenvalue weighted by Gasteiger charge is 2.16. The van der Waals surface area contributed by atoms with E-state index in [1.807, 2.05) is 65.5 Å². The van der Waals surface area contributed by atoms with Gasteiger partial charge in [0.15, 0.2) is 0 Å². The molecule has 0 saturated heterocycles. The average molecular weight is 469 g/mol. The lowest BCUT2D eigenvalue weighted by atomic mass is 10.0. The smallest absolute Gasteiger partial charge is 0.332 e. The van der Waals surface area contributed by atoms with Gasteiger partial charge in [0.2, 0.25) is 5.82 Å². The van der Waals surface area contributed by atoms with Crippen molar-refractivity contribution in [3.63, 3.8) is 0 Å². The Hall–Kier alpha value is -4.27. The average Bonchev–Trinajstić information content (AvgIpc) is 3.62. The second-order valence-electron chi connectivity index (χ2n) is 8.83. The molecule has 4 aromatic heterocycles. The maximum absolute atomic E-state index is 13.5. The van der Waals surface area contributed by atoms with Crippen LogP contribution in [0.15, 0.2) is 71.9 Å². The number of nitrogens with one attached hydrogen (secondary N) is 1. The first-order valence-corrected chi connectivity index (χ1v) is 11.8. The summed E-state index contributed by atoms with van der Waals surface area (Å²) in [7, 11) is 0. The molecule has 5 aromatic rings. The van der Waals surface area contributed by atoms with Crippen molar-refractivity contribution in [2.24, 2.45) is 0 Å². The Kier molecular flexibility index (Phi) is 6.13. The lowest BCUT2D eigenvalue weighted by Crippen LogP contribution is -2.26. The number of H-pyrrole nitrogens is 1. The lowest BCUT2D eigenvalue weighted by molar-refractivity contribution is 0.583. The number of aryl methyl sites for hydroxylation is 1. The molecule has 0 atom stereocenters. The molecule has 0 aliphatic rings. The summed E-state index contributed by atoms with van der Waals surface area (Å²) in [5, 5.41) is 14.3. The normalized spacial score (nSPS) is 11.4. The van der Waals surface area contributed by atoms with E-state index in [9.17, 15) is 4.79 Å². The van der Waals surface area contributed by atoms with E-state index in [2.05, 4.69) is 50.9 Å². The Morgan fingerprint density at radius 1 is 1.03 bits per heavy atom. The van der Waals surface area contributed by atoms with Crippen LogP contribution in [-0.4, -0.2) is 39.3 Å². The third-order valence-corrected chi connectivity index (χ3v) is 6.06. The predicted molar refractivity (Wildman–Crippen MR) is 134 cm³/mol. The molecule has 0 aliphatic carbocycles. The molecule has 0 aliphatic heterocycles. The topological polar surface area (TPSA) is 99.2 Å². The molecule has 35 heavy (non-hydrogen) atoms. The fourth-order valence-electron chi connectivity index (χ4n) is 4.37.